The highest BCUT2D eigenvalue weighted by atomic mass is 79.9. The number of hydrogen-bond donors (Lipinski definition) is 2. The molecule has 2 fully saturated rings. The van der Waals surface area contributed by atoms with Crippen LogP contribution in [0.25, 0.3) is 0 Å². The second-order valence-electron chi connectivity index (χ2n) is 10.2. The molecule has 2 aliphatic rings. The summed E-state index contributed by atoms with van der Waals surface area (Å²) in [6, 6.07) is 8.61. The van der Waals surface area contributed by atoms with Gasteiger partial charge in [0.25, 0.3) is 17.4 Å². The van der Waals surface area contributed by atoms with E-state index in [1.807, 2.05) is 0 Å². The standard InChI is InChI=1S/C27H31BrClF3N4O3/c1-33-24(37)21-5-6-22(34-23(21)29)35-11-7-17(8-12-35)15-18-9-13-36(14-10-18)25(38)26(39,27(30,31)32)19-3-2-4-20(28)16-19/h2-6,16-18,39H,7-15H2,1H3,(H,33,37). The summed E-state index contributed by atoms with van der Waals surface area (Å²) in [5.41, 5.74) is -3.76. The number of halogens is 5. The fourth-order valence-electron chi connectivity index (χ4n) is 5.50. The molecule has 2 aliphatic heterocycles. The van der Waals surface area contributed by atoms with E-state index >= 15 is 0 Å². The van der Waals surface area contributed by atoms with Gasteiger partial charge in [0.05, 0.1) is 5.56 Å². The van der Waals surface area contributed by atoms with Crippen LogP contribution in [0.1, 0.15) is 48.0 Å². The largest absolute Gasteiger partial charge is 0.430 e. The highest BCUT2D eigenvalue weighted by molar-refractivity contribution is 9.10. The minimum absolute atomic E-state index is 0.160. The number of rotatable bonds is 6. The Morgan fingerprint density at radius 3 is 2.23 bits per heavy atom. The van der Waals surface area contributed by atoms with Crippen molar-refractivity contribution in [3.63, 3.8) is 0 Å². The molecule has 1 aromatic carbocycles. The molecule has 1 unspecified atom stereocenters. The van der Waals surface area contributed by atoms with Gasteiger partial charge in [-0.15, -0.1) is 0 Å². The van der Waals surface area contributed by atoms with E-state index in [1.165, 1.54) is 19.2 Å². The van der Waals surface area contributed by atoms with Crippen LogP contribution in [-0.2, 0) is 10.4 Å². The van der Waals surface area contributed by atoms with Gasteiger partial charge in [-0.25, -0.2) is 4.98 Å². The van der Waals surface area contributed by atoms with E-state index in [2.05, 4.69) is 31.1 Å². The molecule has 4 rings (SSSR count). The van der Waals surface area contributed by atoms with Crippen LogP contribution < -0.4 is 10.2 Å². The molecule has 0 spiro atoms. The van der Waals surface area contributed by atoms with Gasteiger partial charge in [-0.1, -0.05) is 39.7 Å². The van der Waals surface area contributed by atoms with E-state index in [0.29, 0.717) is 34.7 Å². The Hall–Kier alpha value is -2.37. The third-order valence-corrected chi connectivity index (χ3v) is 8.56. The zero-order valence-corrected chi connectivity index (χ0v) is 23.8. The maximum absolute atomic E-state index is 14.0. The number of carbonyl (C=O) groups is 2. The van der Waals surface area contributed by atoms with Crippen molar-refractivity contribution in [1.29, 1.82) is 0 Å². The Morgan fingerprint density at radius 2 is 1.69 bits per heavy atom. The summed E-state index contributed by atoms with van der Waals surface area (Å²) in [6.07, 6.45) is -1.15. The van der Waals surface area contributed by atoms with Crippen LogP contribution in [0.4, 0.5) is 19.0 Å². The third-order valence-electron chi connectivity index (χ3n) is 7.77. The molecule has 1 aromatic heterocycles. The number of carbonyl (C=O) groups excluding carboxylic acids is 2. The monoisotopic (exact) mass is 630 g/mol. The van der Waals surface area contributed by atoms with Crippen molar-refractivity contribution in [2.24, 2.45) is 11.8 Å². The SMILES string of the molecule is CNC(=O)c1ccc(N2CCC(CC3CCN(C(=O)C(O)(c4cccc(Br)c4)C(F)(F)F)CC3)CC2)nc1Cl. The van der Waals surface area contributed by atoms with Gasteiger partial charge >= 0.3 is 6.18 Å². The Kier molecular flexibility index (Phi) is 9.12. The lowest BCUT2D eigenvalue weighted by Gasteiger charge is -2.40. The molecule has 1 atom stereocenters. The number of aromatic nitrogens is 1. The van der Waals surface area contributed by atoms with Gasteiger partial charge < -0.3 is 20.2 Å². The Balaban J connectivity index is 1.31. The molecule has 212 valence electrons. The van der Waals surface area contributed by atoms with Crippen molar-refractivity contribution in [3.05, 3.63) is 57.2 Å². The Morgan fingerprint density at radius 1 is 1.08 bits per heavy atom. The predicted molar refractivity (Wildman–Crippen MR) is 146 cm³/mol. The fourth-order valence-corrected chi connectivity index (χ4v) is 6.13. The van der Waals surface area contributed by atoms with Crippen LogP contribution in [0.5, 0.6) is 0 Å². The number of pyridine rings is 1. The first-order valence-electron chi connectivity index (χ1n) is 12.9. The Labute approximate surface area is 238 Å². The summed E-state index contributed by atoms with van der Waals surface area (Å²) in [4.78, 5) is 32.6. The average Bonchev–Trinajstić information content (AvgIpc) is 2.92. The molecule has 2 N–H and O–H groups in total. The van der Waals surface area contributed by atoms with Crippen LogP contribution in [0.15, 0.2) is 40.9 Å². The summed E-state index contributed by atoms with van der Waals surface area (Å²) in [6.45, 7) is 1.93. The summed E-state index contributed by atoms with van der Waals surface area (Å²) in [7, 11) is 1.53. The molecule has 39 heavy (non-hydrogen) atoms. The van der Waals surface area contributed by atoms with Gasteiger partial charge in [-0.3, -0.25) is 9.59 Å². The summed E-state index contributed by atoms with van der Waals surface area (Å²) in [5.74, 6) is -0.131. The molecule has 0 aliphatic carbocycles. The second kappa shape index (κ2) is 12.0. The van der Waals surface area contributed by atoms with Gasteiger partial charge in [-0.2, -0.15) is 13.2 Å². The lowest BCUT2D eigenvalue weighted by molar-refractivity contribution is -0.262. The highest BCUT2D eigenvalue weighted by Crippen LogP contribution is 2.42. The highest BCUT2D eigenvalue weighted by Gasteiger charge is 2.62. The van der Waals surface area contributed by atoms with E-state index in [0.717, 1.165) is 55.2 Å². The number of likely N-dealkylation sites (tertiary alicyclic amines) is 1. The number of alkyl halides is 3. The summed E-state index contributed by atoms with van der Waals surface area (Å²) < 4.78 is 42.4. The molecular weight excluding hydrogens is 601 g/mol. The topological polar surface area (TPSA) is 85.8 Å². The molecule has 3 heterocycles. The average molecular weight is 632 g/mol. The molecule has 0 radical (unpaired) electrons. The van der Waals surface area contributed by atoms with E-state index in [9.17, 15) is 27.9 Å². The zero-order valence-electron chi connectivity index (χ0n) is 21.5. The molecule has 0 bridgehead atoms. The molecule has 7 nitrogen and oxygen atoms in total. The van der Waals surface area contributed by atoms with Gasteiger partial charge in [0.2, 0.25) is 0 Å². The van der Waals surface area contributed by atoms with Crippen molar-refractivity contribution in [2.75, 3.05) is 38.1 Å². The minimum atomic E-state index is -5.16. The maximum Gasteiger partial charge on any atom is 0.430 e. The first kappa shape index (κ1) is 29.6. The quantitative estimate of drug-likeness (QED) is 0.431. The van der Waals surface area contributed by atoms with Crippen molar-refractivity contribution in [2.45, 2.75) is 43.9 Å². The number of nitrogens with one attached hydrogen (secondary N) is 1. The number of amides is 2. The Bertz CT molecular complexity index is 1200. The van der Waals surface area contributed by atoms with Gasteiger partial charge in [-0.05, 0) is 68.2 Å². The number of piperidine rings is 2. The molecular formula is C27H31BrClF3N4O3. The third kappa shape index (κ3) is 6.36. The molecule has 12 heteroatoms. The fraction of sp³-hybridized carbons (Fsp3) is 0.519. The summed E-state index contributed by atoms with van der Waals surface area (Å²) in [5, 5.41) is 13.4. The lowest BCUT2D eigenvalue weighted by Crippen LogP contribution is -2.57. The molecule has 2 saturated heterocycles. The first-order valence-corrected chi connectivity index (χ1v) is 14.1. The predicted octanol–water partition coefficient (Wildman–Crippen LogP) is 5.15. The normalized spacial score (nSPS) is 19.1. The van der Waals surface area contributed by atoms with Crippen LogP contribution in [0, 0.1) is 11.8 Å². The number of hydrogen-bond acceptors (Lipinski definition) is 5. The van der Waals surface area contributed by atoms with Crippen LogP contribution in [-0.4, -0.2) is 66.2 Å². The van der Waals surface area contributed by atoms with E-state index < -0.39 is 23.2 Å². The van der Waals surface area contributed by atoms with Crippen molar-refractivity contribution >= 4 is 45.2 Å². The number of nitrogens with zero attached hydrogens (tertiary/aromatic N) is 3. The smallest absolute Gasteiger partial charge is 0.369 e. The van der Waals surface area contributed by atoms with Gasteiger partial charge in [0, 0.05) is 43.3 Å². The van der Waals surface area contributed by atoms with E-state index in [-0.39, 0.29) is 24.1 Å². The van der Waals surface area contributed by atoms with Crippen molar-refractivity contribution < 1.29 is 27.9 Å². The first-order chi connectivity index (χ1) is 18.4. The maximum atomic E-state index is 14.0. The minimum Gasteiger partial charge on any atom is -0.369 e. The van der Waals surface area contributed by atoms with Gasteiger partial charge in [0.15, 0.2) is 0 Å². The number of benzene rings is 1. The van der Waals surface area contributed by atoms with Crippen LogP contribution >= 0.6 is 27.5 Å². The van der Waals surface area contributed by atoms with E-state index in [1.54, 1.807) is 12.1 Å². The second-order valence-corrected chi connectivity index (χ2v) is 11.5. The number of aliphatic hydroxyl groups is 1. The molecule has 0 saturated carbocycles. The van der Waals surface area contributed by atoms with Gasteiger partial charge in [0.1, 0.15) is 11.0 Å². The lowest BCUT2D eigenvalue weighted by atomic mass is 9.82. The molecule has 2 aromatic rings. The summed E-state index contributed by atoms with van der Waals surface area (Å²) >= 11 is 9.32. The molecule has 2 amide bonds. The van der Waals surface area contributed by atoms with Crippen molar-refractivity contribution in [3.8, 4) is 0 Å². The van der Waals surface area contributed by atoms with Crippen molar-refractivity contribution in [1.82, 2.24) is 15.2 Å². The number of anilines is 1. The zero-order chi connectivity index (χ0) is 28.4. The van der Waals surface area contributed by atoms with Crippen LogP contribution in [0.3, 0.4) is 0 Å². The van der Waals surface area contributed by atoms with E-state index in [4.69, 9.17) is 11.6 Å². The van der Waals surface area contributed by atoms with Crippen LogP contribution in [0.2, 0.25) is 5.15 Å².